The quantitative estimate of drug-likeness (QED) is 0.818. The molecule has 0 spiro atoms. The van der Waals surface area contributed by atoms with Crippen LogP contribution in [0.2, 0.25) is 0 Å². The number of hydrogen-bond acceptors (Lipinski definition) is 3. The van der Waals surface area contributed by atoms with Crippen LogP contribution >= 0.6 is 0 Å². The predicted octanol–water partition coefficient (Wildman–Crippen LogP) is 2.90. The number of fused-ring (bicyclic) bond motifs is 1. The summed E-state index contributed by atoms with van der Waals surface area (Å²) in [6, 6.07) is 18.0. The van der Waals surface area contributed by atoms with Crippen molar-refractivity contribution in [3.05, 3.63) is 65.7 Å². The summed E-state index contributed by atoms with van der Waals surface area (Å²) in [5.74, 6) is 0.0553. The second-order valence-electron chi connectivity index (χ2n) is 7.09. The molecule has 1 aliphatic rings. The van der Waals surface area contributed by atoms with Crippen molar-refractivity contribution in [3.63, 3.8) is 0 Å². The van der Waals surface area contributed by atoms with Gasteiger partial charge >= 0.3 is 0 Å². The van der Waals surface area contributed by atoms with E-state index in [2.05, 4.69) is 18.0 Å². The van der Waals surface area contributed by atoms with E-state index in [0.717, 1.165) is 24.3 Å². The van der Waals surface area contributed by atoms with Crippen molar-refractivity contribution in [2.45, 2.75) is 26.4 Å². The van der Waals surface area contributed by atoms with E-state index in [4.69, 9.17) is 0 Å². The van der Waals surface area contributed by atoms with Gasteiger partial charge in [-0.2, -0.15) is 0 Å². The number of likely N-dealkylation sites (N-methyl/N-ethyl adjacent to an activating group) is 1. The van der Waals surface area contributed by atoms with Crippen molar-refractivity contribution in [1.82, 2.24) is 9.80 Å². The Kier molecular flexibility index (Phi) is 6.24. The lowest BCUT2D eigenvalue weighted by Gasteiger charge is -2.25. The monoisotopic (exact) mass is 365 g/mol. The fraction of sp³-hybridized carbons (Fsp3) is 0.364. The molecule has 2 aromatic carbocycles. The molecule has 2 aromatic rings. The Balaban J connectivity index is 1.68. The van der Waals surface area contributed by atoms with Crippen molar-refractivity contribution < 1.29 is 9.59 Å². The van der Waals surface area contributed by atoms with Gasteiger partial charge in [-0.3, -0.25) is 9.59 Å². The molecule has 1 aliphatic heterocycles. The van der Waals surface area contributed by atoms with Crippen LogP contribution in [-0.2, 0) is 22.7 Å². The van der Waals surface area contributed by atoms with E-state index in [0.29, 0.717) is 26.1 Å². The van der Waals surface area contributed by atoms with Gasteiger partial charge in [-0.1, -0.05) is 48.5 Å². The maximum Gasteiger partial charge on any atom is 0.228 e. The molecule has 0 bridgehead atoms. The van der Waals surface area contributed by atoms with Gasteiger partial charge in [0, 0.05) is 51.8 Å². The lowest BCUT2D eigenvalue weighted by molar-refractivity contribution is -0.130. The minimum Gasteiger partial charge on any atom is -0.338 e. The van der Waals surface area contributed by atoms with Crippen molar-refractivity contribution in [2.24, 2.45) is 0 Å². The molecule has 0 aromatic heterocycles. The first-order chi connectivity index (χ1) is 13.0. The normalized spacial score (nSPS) is 14.4. The number of nitrogens with zero attached hydrogens (tertiary/aromatic N) is 3. The number of carbonyl (C=O) groups excluding carboxylic acids is 2. The third kappa shape index (κ3) is 4.95. The minimum absolute atomic E-state index is 0.0114. The van der Waals surface area contributed by atoms with E-state index < -0.39 is 0 Å². The average Bonchev–Trinajstić information content (AvgIpc) is 2.83. The number of anilines is 1. The van der Waals surface area contributed by atoms with E-state index in [1.54, 1.807) is 11.8 Å². The van der Waals surface area contributed by atoms with E-state index in [1.807, 2.05) is 53.4 Å². The smallest absolute Gasteiger partial charge is 0.228 e. The maximum atomic E-state index is 13.0. The third-order valence-corrected chi connectivity index (χ3v) is 4.99. The molecule has 142 valence electrons. The predicted molar refractivity (Wildman–Crippen MR) is 107 cm³/mol. The largest absolute Gasteiger partial charge is 0.338 e. The fourth-order valence-corrected chi connectivity index (χ4v) is 3.45. The molecule has 0 atom stereocenters. The number of hydrogen-bond donors (Lipinski definition) is 0. The molecule has 0 radical (unpaired) electrons. The Morgan fingerprint density at radius 1 is 1.00 bits per heavy atom. The minimum atomic E-state index is -0.0114. The standard InChI is InChI=1S/C22H27N3O2/c1-18(26)24(16-19-8-4-3-5-9-19)13-12-22(27)25-15-14-23(2)17-20-10-6-7-11-21(20)25/h3-11H,12-17H2,1-2H3. The highest BCUT2D eigenvalue weighted by Crippen LogP contribution is 2.25. The van der Waals surface area contributed by atoms with Crippen molar-refractivity contribution in [3.8, 4) is 0 Å². The summed E-state index contributed by atoms with van der Waals surface area (Å²) in [7, 11) is 2.07. The SMILES string of the molecule is CC(=O)N(CCC(=O)N1CCN(C)Cc2ccccc21)Cc1ccccc1. The first kappa shape index (κ1) is 19.1. The van der Waals surface area contributed by atoms with Gasteiger partial charge in [0.15, 0.2) is 0 Å². The number of rotatable bonds is 5. The van der Waals surface area contributed by atoms with Crippen molar-refractivity contribution in [2.75, 3.05) is 31.6 Å². The summed E-state index contributed by atoms with van der Waals surface area (Å²) in [5, 5.41) is 0. The van der Waals surface area contributed by atoms with Crippen molar-refractivity contribution >= 4 is 17.5 Å². The lowest BCUT2D eigenvalue weighted by Crippen LogP contribution is -2.38. The van der Waals surface area contributed by atoms with Crippen LogP contribution in [0.15, 0.2) is 54.6 Å². The lowest BCUT2D eigenvalue weighted by atomic mass is 10.1. The zero-order chi connectivity index (χ0) is 19.2. The molecule has 1 heterocycles. The van der Waals surface area contributed by atoms with Crippen LogP contribution < -0.4 is 4.90 Å². The van der Waals surface area contributed by atoms with Gasteiger partial charge < -0.3 is 14.7 Å². The summed E-state index contributed by atoms with van der Waals surface area (Å²) < 4.78 is 0. The molecule has 0 N–H and O–H groups in total. The molecular weight excluding hydrogens is 338 g/mol. The van der Waals surface area contributed by atoms with Crippen molar-refractivity contribution in [1.29, 1.82) is 0 Å². The molecule has 0 unspecified atom stereocenters. The molecule has 0 aliphatic carbocycles. The molecule has 2 amide bonds. The molecule has 27 heavy (non-hydrogen) atoms. The topological polar surface area (TPSA) is 43.9 Å². The van der Waals surface area contributed by atoms with Gasteiger partial charge in [0.05, 0.1) is 0 Å². The van der Waals surface area contributed by atoms with Gasteiger partial charge in [-0.25, -0.2) is 0 Å². The van der Waals surface area contributed by atoms with Gasteiger partial charge in [0.25, 0.3) is 0 Å². The van der Waals surface area contributed by atoms with Crippen LogP contribution in [0.1, 0.15) is 24.5 Å². The van der Waals surface area contributed by atoms with Gasteiger partial charge in [-0.05, 0) is 24.2 Å². The highest BCUT2D eigenvalue weighted by Gasteiger charge is 2.23. The Morgan fingerprint density at radius 2 is 1.70 bits per heavy atom. The summed E-state index contributed by atoms with van der Waals surface area (Å²) >= 11 is 0. The maximum absolute atomic E-state index is 13.0. The molecule has 5 heteroatoms. The van der Waals surface area contributed by atoms with Crippen LogP contribution in [0.25, 0.3) is 0 Å². The zero-order valence-electron chi connectivity index (χ0n) is 16.1. The van der Waals surface area contributed by atoms with Crippen LogP contribution in [-0.4, -0.2) is 48.3 Å². The summed E-state index contributed by atoms with van der Waals surface area (Å²) in [4.78, 5) is 30.8. The summed E-state index contributed by atoms with van der Waals surface area (Å²) in [5.41, 5.74) is 3.23. The van der Waals surface area contributed by atoms with Crippen LogP contribution in [0.4, 0.5) is 5.69 Å². The average molecular weight is 365 g/mol. The second-order valence-corrected chi connectivity index (χ2v) is 7.09. The molecule has 3 rings (SSSR count). The highest BCUT2D eigenvalue weighted by molar-refractivity contribution is 5.94. The first-order valence-corrected chi connectivity index (χ1v) is 9.41. The Morgan fingerprint density at radius 3 is 2.44 bits per heavy atom. The molecule has 0 saturated heterocycles. The molecule has 5 nitrogen and oxygen atoms in total. The molecule has 0 saturated carbocycles. The van der Waals surface area contributed by atoms with E-state index in [9.17, 15) is 9.59 Å². The highest BCUT2D eigenvalue weighted by atomic mass is 16.2. The molecule has 0 fully saturated rings. The van der Waals surface area contributed by atoms with Gasteiger partial charge in [-0.15, -0.1) is 0 Å². The van der Waals surface area contributed by atoms with Gasteiger partial charge in [0.2, 0.25) is 11.8 Å². The fourth-order valence-electron chi connectivity index (χ4n) is 3.45. The zero-order valence-corrected chi connectivity index (χ0v) is 16.1. The van der Waals surface area contributed by atoms with Crippen LogP contribution in [0.5, 0.6) is 0 Å². The van der Waals surface area contributed by atoms with E-state index in [-0.39, 0.29) is 11.8 Å². The second kappa shape index (κ2) is 8.82. The number of amides is 2. The van der Waals surface area contributed by atoms with E-state index in [1.165, 1.54) is 5.56 Å². The number of benzene rings is 2. The molecular formula is C22H27N3O2. The van der Waals surface area contributed by atoms with Crippen LogP contribution in [0.3, 0.4) is 0 Å². The summed E-state index contributed by atoms with van der Waals surface area (Å²) in [6.45, 7) is 4.86. The number of carbonyl (C=O) groups is 2. The first-order valence-electron chi connectivity index (χ1n) is 9.41. The van der Waals surface area contributed by atoms with Crippen LogP contribution in [0, 0.1) is 0 Å². The Hall–Kier alpha value is -2.66. The Labute approximate surface area is 161 Å². The van der Waals surface area contributed by atoms with E-state index >= 15 is 0 Å². The Bertz CT molecular complexity index is 791. The summed E-state index contributed by atoms with van der Waals surface area (Å²) in [6.07, 6.45) is 0.324. The third-order valence-electron chi connectivity index (χ3n) is 4.99. The number of para-hydroxylation sites is 1. The van der Waals surface area contributed by atoms with Gasteiger partial charge in [0.1, 0.15) is 0 Å².